The number of primary amides is 1. The van der Waals surface area contributed by atoms with Crippen LogP contribution in [0.5, 0.6) is 0 Å². The number of rotatable bonds is 2. The molecule has 1 atom stereocenters. The molecule has 5 heteroatoms. The van der Waals surface area contributed by atoms with Gasteiger partial charge >= 0.3 is 0 Å². The van der Waals surface area contributed by atoms with E-state index in [0.717, 1.165) is 32.2 Å². The number of carbonyl (C=O) groups is 2. The fourth-order valence-corrected chi connectivity index (χ4v) is 3.66. The molecule has 1 aliphatic heterocycles. The minimum absolute atomic E-state index is 0.0727. The maximum Gasteiger partial charge on any atom is 0.241 e. The highest BCUT2D eigenvalue weighted by atomic mass is 16.2. The van der Waals surface area contributed by atoms with Crippen LogP contribution in [0.25, 0.3) is 0 Å². The summed E-state index contributed by atoms with van der Waals surface area (Å²) >= 11 is 0. The molecule has 1 saturated heterocycles. The first-order valence-electron chi connectivity index (χ1n) is 8.11. The predicted molar refractivity (Wildman–Crippen MR) is 82.5 cm³/mol. The van der Waals surface area contributed by atoms with Gasteiger partial charge in [-0.3, -0.25) is 9.59 Å². The highest BCUT2D eigenvalue weighted by Crippen LogP contribution is 2.40. The van der Waals surface area contributed by atoms with E-state index >= 15 is 0 Å². The zero-order chi connectivity index (χ0) is 15.6. The average molecular weight is 295 g/mol. The smallest absolute Gasteiger partial charge is 0.241 e. The molecule has 120 valence electrons. The van der Waals surface area contributed by atoms with Crippen molar-refractivity contribution in [1.29, 1.82) is 0 Å². The van der Waals surface area contributed by atoms with E-state index < -0.39 is 11.9 Å². The van der Waals surface area contributed by atoms with Crippen molar-refractivity contribution in [3.63, 3.8) is 0 Å². The van der Waals surface area contributed by atoms with Gasteiger partial charge < -0.3 is 16.0 Å². The van der Waals surface area contributed by atoms with Crippen LogP contribution in [0.2, 0.25) is 0 Å². The summed E-state index contributed by atoms with van der Waals surface area (Å²) in [7, 11) is 0. The predicted octanol–water partition coefficient (Wildman–Crippen LogP) is 1.12. The normalized spacial score (nSPS) is 31.0. The molecule has 0 aromatic heterocycles. The summed E-state index contributed by atoms with van der Waals surface area (Å²) in [5.74, 6) is 0.492. The summed E-state index contributed by atoms with van der Waals surface area (Å²) in [6.07, 6.45) is 4.09. The van der Waals surface area contributed by atoms with Crippen molar-refractivity contribution in [2.45, 2.75) is 52.5 Å². The van der Waals surface area contributed by atoms with Crippen molar-refractivity contribution >= 4 is 11.8 Å². The Balaban J connectivity index is 1.96. The fourth-order valence-electron chi connectivity index (χ4n) is 3.66. The van der Waals surface area contributed by atoms with Crippen LogP contribution >= 0.6 is 0 Å². The fraction of sp³-hybridized carbons (Fsp3) is 0.875. The highest BCUT2D eigenvalue weighted by molar-refractivity contribution is 5.88. The molecule has 0 spiro atoms. The Kier molecular flexibility index (Phi) is 4.91. The number of nitrogens with zero attached hydrogens (tertiary/aromatic N) is 1. The van der Waals surface area contributed by atoms with E-state index in [9.17, 15) is 9.59 Å². The molecule has 1 unspecified atom stereocenters. The molecule has 2 aliphatic rings. The lowest BCUT2D eigenvalue weighted by molar-refractivity contribution is -0.145. The Labute approximate surface area is 127 Å². The summed E-state index contributed by atoms with van der Waals surface area (Å²) < 4.78 is 0. The van der Waals surface area contributed by atoms with Crippen LogP contribution in [0.1, 0.15) is 46.5 Å². The number of nitrogens with one attached hydrogen (secondary N) is 1. The van der Waals surface area contributed by atoms with E-state index in [1.54, 1.807) is 4.90 Å². The van der Waals surface area contributed by atoms with Crippen LogP contribution in [-0.2, 0) is 9.59 Å². The molecule has 0 aromatic carbocycles. The number of amides is 2. The van der Waals surface area contributed by atoms with Gasteiger partial charge in [-0.1, -0.05) is 20.8 Å². The second-order valence-electron chi connectivity index (χ2n) is 7.57. The maximum atomic E-state index is 12.7. The van der Waals surface area contributed by atoms with Crippen molar-refractivity contribution < 1.29 is 9.59 Å². The third-order valence-electron chi connectivity index (χ3n) is 5.16. The van der Waals surface area contributed by atoms with E-state index in [1.165, 1.54) is 0 Å². The second-order valence-corrected chi connectivity index (χ2v) is 7.57. The summed E-state index contributed by atoms with van der Waals surface area (Å²) in [5.41, 5.74) is 5.75. The van der Waals surface area contributed by atoms with Gasteiger partial charge in [0.1, 0.15) is 6.04 Å². The molecule has 2 amide bonds. The van der Waals surface area contributed by atoms with Gasteiger partial charge in [0.05, 0.1) is 0 Å². The van der Waals surface area contributed by atoms with Crippen molar-refractivity contribution in [3.8, 4) is 0 Å². The minimum Gasteiger partial charge on any atom is -0.368 e. The number of piperazine rings is 1. The third-order valence-corrected chi connectivity index (χ3v) is 5.16. The van der Waals surface area contributed by atoms with Gasteiger partial charge in [0.15, 0.2) is 0 Å². The van der Waals surface area contributed by atoms with Gasteiger partial charge in [-0.2, -0.15) is 0 Å². The SMILES string of the molecule is CC(C)(C)C1CCC(C(=O)N2CCNCC2C(N)=O)CC1. The minimum atomic E-state index is -0.480. The first-order valence-corrected chi connectivity index (χ1v) is 8.11. The van der Waals surface area contributed by atoms with Gasteiger partial charge in [0, 0.05) is 25.6 Å². The lowest BCUT2D eigenvalue weighted by Gasteiger charge is -2.40. The highest BCUT2D eigenvalue weighted by Gasteiger charge is 2.37. The molecule has 5 nitrogen and oxygen atoms in total. The molecular formula is C16H29N3O2. The zero-order valence-corrected chi connectivity index (χ0v) is 13.5. The van der Waals surface area contributed by atoms with Crippen molar-refractivity contribution in [2.24, 2.45) is 23.0 Å². The molecule has 1 saturated carbocycles. The molecule has 2 fully saturated rings. The first kappa shape index (κ1) is 16.3. The number of carbonyl (C=O) groups excluding carboxylic acids is 2. The van der Waals surface area contributed by atoms with E-state index in [4.69, 9.17) is 5.73 Å². The van der Waals surface area contributed by atoms with E-state index in [0.29, 0.717) is 24.4 Å². The molecular weight excluding hydrogens is 266 g/mol. The van der Waals surface area contributed by atoms with E-state index in [-0.39, 0.29) is 11.8 Å². The molecule has 21 heavy (non-hydrogen) atoms. The Hall–Kier alpha value is -1.10. The van der Waals surface area contributed by atoms with E-state index in [1.807, 2.05) is 0 Å². The number of nitrogens with two attached hydrogens (primary N) is 1. The van der Waals surface area contributed by atoms with E-state index in [2.05, 4.69) is 26.1 Å². The summed E-state index contributed by atoms with van der Waals surface area (Å²) in [6.45, 7) is 8.65. The van der Waals surface area contributed by atoms with Crippen LogP contribution < -0.4 is 11.1 Å². The average Bonchev–Trinajstić information content (AvgIpc) is 2.45. The summed E-state index contributed by atoms with van der Waals surface area (Å²) in [6, 6.07) is -0.480. The molecule has 0 radical (unpaired) electrons. The van der Waals surface area contributed by atoms with Crippen molar-refractivity contribution in [1.82, 2.24) is 10.2 Å². The Morgan fingerprint density at radius 3 is 2.29 bits per heavy atom. The third kappa shape index (κ3) is 3.76. The monoisotopic (exact) mass is 295 g/mol. The quantitative estimate of drug-likeness (QED) is 0.802. The van der Waals surface area contributed by atoms with Crippen LogP contribution in [0.4, 0.5) is 0 Å². The zero-order valence-electron chi connectivity index (χ0n) is 13.5. The first-order chi connectivity index (χ1) is 9.80. The second kappa shape index (κ2) is 6.34. The van der Waals surface area contributed by atoms with Gasteiger partial charge in [-0.15, -0.1) is 0 Å². The largest absolute Gasteiger partial charge is 0.368 e. The van der Waals surface area contributed by atoms with Crippen LogP contribution in [-0.4, -0.2) is 42.4 Å². The van der Waals surface area contributed by atoms with Crippen molar-refractivity contribution in [3.05, 3.63) is 0 Å². The summed E-state index contributed by atoms with van der Waals surface area (Å²) in [5, 5.41) is 3.14. The van der Waals surface area contributed by atoms with Crippen LogP contribution in [0.15, 0.2) is 0 Å². The standard InChI is InChI=1S/C16H29N3O2/c1-16(2,3)12-6-4-11(5-7-12)15(21)19-9-8-18-10-13(19)14(17)20/h11-13,18H,4-10H2,1-3H3,(H2,17,20). The summed E-state index contributed by atoms with van der Waals surface area (Å²) in [4.78, 5) is 25.9. The molecule has 0 bridgehead atoms. The van der Waals surface area contributed by atoms with Gasteiger partial charge in [-0.05, 0) is 37.0 Å². The molecule has 0 aromatic rings. The number of hydrogen-bond acceptors (Lipinski definition) is 3. The number of hydrogen-bond donors (Lipinski definition) is 2. The molecule has 1 heterocycles. The molecule has 1 aliphatic carbocycles. The van der Waals surface area contributed by atoms with Crippen molar-refractivity contribution in [2.75, 3.05) is 19.6 Å². The van der Waals surface area contributed by atoms with Crippen LogP contribution in [0.3, 0.4) is 0 Å². The Bertz CT molecular complexity index is 395. The van der Waals surface area contributed by atoms with Gasteiger partial charge in [0.2, 0.25) is 11.8 Å². The lowest BCUT2D eigenvalue weighted by atomic mass is 9.69. The molecule has 3 N–H and O–H groups in total. The van der Waals surface area contributed by atoms with Crippen LogP contribution in [0, 0.1) is 17.3 Å². The molecule has 2 rings (SSSR count). The topological polar surface area (TPSA) is 75.4 Å². The lowest BCUT2D eigenvalue weighted by Crippen LogP contribution is -2.60. The maximum absolute atomic E-state index is 12.7. The van der Waals surface area contributed by atoms with Gasteiger partial charge in [0.25, 0.3) is 0 Å². The Morgan fingerprint density at radius 2 is 1.76 bits per heavy atom. The van der Waals surface area contributed by atoms with Gasteiger partial charge in [-0.25, -0.2) is 0 Å². The Morgan fingerprint density at radius 1 is 1.14 bits per heavy atom.